The van der Waals surface area contributed by atoms with Crippen LogP contribution < -0.4 is 5.32 Å². The maximum Gasteiger partial charge on any atom is 0.348 e. The van der Waals surface area contributed by atoms with Gasteiger partial charge in [-0.05, 0) is 38.5 Å². The standard InChI is InChI=1S/C20H20N2O5S/c1-4-26-20(25)18-11(2)9-16(28-18)22-15(23)10-27-19(24)17-12(3)21-14-8-6-5-7-13(14)17/h5-9,21H,4,10H2,1-3H3,(H,22,23). The lowest BCUT2D eigenvalue weighted by atomic mass is 10.1. The van der Waals surface area contributed by atoms with E-state index in [9.17, 15) is 14.4 Å². The van der Waals surface area contributed by atoms with Crippen molar-refractivity contribution in [2.75, 3.05) is 18.5 Å². The summed E-state index contributed by atoms with van der Waals surface area (Å²) in [6.07, 6.45) is 0. The summed E-state index contributed by atoms with van der Waals surface area (Å²) >= 11 is 1.12. The summed E-state index contributed by atoms with van der Waals surface area (Å²) in [5.41, 5.74) is 2.64. The monoisotopic (exact) mass is 400 g/mol. The third kappa shape index (κ3) is 4.07. The molecule has 1 amide bonds. The number of anilines is 1. The van der Waals surface area contributed by atoms with Crippen molar-refractivity contribution in [3.63, 3.8) is 0 Å². The third-order valence-electron chi connectivity index (χ3n) is 4.07. The summed E-state index contributed by atoms with van der Waals surface area (Å²) in [4.78, 5) is 40.0. The number of carbonyl (C=O) groups is 3. The van der Waals surface area contributed by atoms with Crippen molar-refractivity contribution >= 4 is 45.1 Å². The van der Waals surface area contributed by atoms with Crippen LogP contribution in [0.3, 0.4) is 0 Å². The summed E-state index contributed by atoms with van der Waals surface area (Å²) in [6.45, 7) is 5.12. The molecule has 0 spiro atoms. The Hall–Kier alpha value is -3.13. The number of ether oxygens (including phenoxy) is 2. The Morgan fingerprint density at radius 3 is 2.61 bits per heavy atom. The molecule has 146 valence electrons. The predicted octanol–water partition coefficient (Wildman–Crippen LogP) is 3.82. The van der Waals surface area contributed by atoms with Crippen LogP contribution in [0.15, 0.2) is 30.3 Å². The number of aryl methyl sites for hydroxylation is 2. The highest BCUT2D eigenvalue weighted by atomic mass is 32.1. The minimum atomic E-state index is -0.570. The zero-order valence-corrected chi connectivity index (χ0v) is 16.6. The van der Waals surface area contributed by atoms with Gasteiger partial charge in [0.1, 0.15) is 4.88 Å². The van der Waals surface area contributed by atoms with E-state index < -0.39 is 24.5 Å². The number of fused-ring (bicyclic) bond motifs is 1. The zero-order chi connectivity index (χ0) is 20.3. The molecule has 0 fully saturated rings. The van der Waals surface area contributed by atoms with Gasteiger partial charge in [-0.3, -0.25) is 4.79 Å². The van der Waals surface area contributed by atoms with E-state index in [0.717, 1.165) is 22.2 Å². The number of carbonyl (C=O) groups excluding carboxylic acids is 3. The topological polar surface area (TPSA) is 97.5 Å². The fourth-order valence-corrected chi connectivity index (χ4v) is 3.84. The smallest absolute Gasteiger partial charge is 0.348 e. The Bertz CT molecular complexity index is 1050. The molecule has 0 saturated heterocycles. The van der Waals surface area contributed by atoms with E-state index in [-0.39, 0.29) is 6.61 Å². The van der Waals surface area contributed by atoms with E-state index in [1.54, 1.807) is 26.8 Å². The van der Waals surface area contributed by atoms with E-state index >= 15 is 0 Å². The van der Waals surface area contributed by atoms with Crippen molar-refractivity contribution in [3.8, 4) is 0 Å². The number of aromatic amines is 1. The minimum absolute atomic E-state index is 0.279. The summed E-state index contributed by atoms with van der Waals surface area (Å²) in [5.74, 6) is -1.48. The molecule has 3 rings (SSSR count). The first-order valence-corrected chi connectivity index (χ1v) is 9.54. The molecule has 8 heteroatoms. The van der Waals surface area contributed by atoms with Crippen molar-refractivity contribution < 1.29 is 23.9 Å². The first-order chi connectivity index (χ1) is 13.4. The van der Waals surface area contributed by atoms with Gasteiger partial charge >= 0.3 is 11.9 Å². The number of aromatic nitrogens is 1. The number of para-hydroxylation sites is 1. The summed E-state index contributed by atoms with van der Waals surface area (Å²) < 4.78 is 10.2. The largest absolute Gasteiger partial charge is 0.462 e. The highest BCUT2D eigenvalue weighted by Gasteiger charge is 2.19. The van der Waals surface area contributed by atoms with Crippen LogP contribution in [0.1, 0.15) is 38.2 Å². The van der Waals surface area contributed by atoms with Crippen LogP contribution in [0.5, 0.6) is 0 Å². The molecular weight excluding hydrogens is 380 g/mol. The number of hydrogen-bond acceptors (Lipinski definition) is 6. The number of hydrogen-bond donors (Lipinski definition) is 2. The van der Waals surface area contributed by atoms with Gasteiger partial charge in [0.2, 0.25) is 0 Å². The highest BCUT2D eigenvalue weighted by Crippen LogP contribution is 2.27. The number of rotatable bonds is 6. The second kappa shape index (κ2) is 8.26. The van der Waals surface area contributed by atoms with Crippen LogP contribution in [0.4, 0.5) is 5.00 Å². The Balaban J connectivity index is 1.63. The zero-order valence-electron chi connectivity index (χ0n) is 15.8. The summed E-state index contributed by atoms with van der Waals surface area (Å²) in [7, 11) is 0. The average molecular weight is 400 g/mol. The van der Waals surface area contributed by atoms with Crippen molar-refractivity contribution in [3.05, 3.63) is 52.0 Å². The molecule has 0 unspecified atom stereocenters. The fourth-order valence-electron chi connectivity index (χ4n) is 2.86. The average Bonchev–Trinajstić information content (AvgIpc) is 3.18. The molecule has 7 nitrogen and oxygen atoms in total. The molecule has 0 aliphatic heterocycles. The van der Waals surface area contributed by atoms with E-state index in [1.165, 1.54) is 0 Å². The first-order valence-electron chi connectivity index (χ1n) is 8.72. The van der Waals surface area contributed by atoms with Gasteiger partial charge in [0.15, 0.2) is 6.61 Å². The van der Waals surface area contributed by atoms with Crippen molar-refractivity contribution in [2.45, 2.75) is 20.8 Å². The van der Waals surface area contributed by atoms with Gasteiger partial charge in [-0.25, -0.2) is 9.59 Å². The summed E-state index contributed by atoms with van der Waals surface area (Å²) in [6, 6.07) is 9.07. The van der Waals surface area contributed by atoms with Crippen LogP contribution in [-0.2, 0) is 14.3 Å². The lowest BCUT2D eigenvalue weighted by Crippen LogP contribution is -2.20. The van der Waals surface area contributed by atoms with Gasteiger partial charge in [0.25, 0.3) is 5.91 Å². The molecule has 0 aliphatic carbocycles. The Labute approximate surface area is 165 Å². The van der Waals surface area contributed by atoms with Gasteiger partial charge in [-0.2, -0.15) is 0 Å². The molecular formula is C20H20N2O5S. The van der Waals surface area contributed by atoms with Gasteiger partial charge in [0, 0.05) is 16.6 Å². The van der Waals surface area contributed by atoms with E-state index in [4.69, 9.17) is 9.47 Å². The molecule has 2 heterocycles. The van der Waals surface area contributed by atoms with Gasteiger partial charge in [-0.15, -0.1) is 11.3 Å². The summed E-state index contributed by atoms with van der Waals surface area (Å²) in [5, 5.41) is 3.88. The van der Waals surface area contributed by atoms with Crippen molar-refractivity contribution in [1.29, 1.82) is 0 Å². The second-order valence-corrected chi connectivity index (χ2v) is 7.19. The lowest BCUT2D eigenvalue weighted by molar-refractivity contribution is -0.119. The van der Waals surface area contributed by atoms with Crippen LogP contribution in [0, 0.1) is 13.8 Å². The van der Waals surface area contributed by atoms with E-state index in [0.29, 0.717) is 26.7 Å². The molecule has 0 saturated carbocycles. The van der Waals surface area contributed by atoms with Gasteiger partial charge in [0.05, 0.1) is 17.2 Å². The third-order valence-corrected chi connectivity index (χ3v) is 5.21. The number of H-pyrrole nitrogens is 1. The van der Waals surface area contributed by atoms with Crippen LogP contribution in [0.2, 0.25) is 0 Å². The maximum absolute atomic E-state index is 12.4. The van der Waals surface area contributed by atoms with Crippen LogP contribution in [-0.4, -0.2) is 36.0 Å². The number of benzene rings is 1. The van der Waals surface area contributed by atoms with Crippen LogP contribution in [0.25, 0.3) is 10.9 Å². The second-order valence-electron chi connectivity index (χ2n) is 6.14. The first kappa shape index (κ1) is 19.6. The van der Waals surface area contributed by atoms with Gasteiger partial charge in [-0.1, -0.05) is 18.2 Å². The fraction of sp³-hybridized carbons (Fsp3) is 0.250. The normalized spacial score (nSPS) is 10.7. The van der Waals surface area contributed by atoms with Gasteiger partial charge < -0.3 is 19.8 Å². The molecule has 1 aromatic carbocycles. The molecule has 3 aromatic rings. The number of amides is 1. The number of esters is 2. The molecule has 0 radical (unpaired) electrons. The quantitative estimate of drug-likeness (QED) is 0.613. The maximum atomic E-state index is 12.4. The molecule has 0 bridgehead atoms. The molecule has 0 aliphatic rings. The minimum Gasteiger partial charge on any atom is -0.462 e. The predicted molar refractivity (Wildman–Crippen MR) is 107 cm³/mol. The molecule has 2 N–H and O–H groups in total. The number of thiophene rings is 1. The van der Waals surface area contributed by atoms with E-state index in [2.05, 4.69) is 10.3 Å². The lowest BCUT2D eigenvalue weighted by Gasteiger charge is -2.05. The molecule has 2 aromatic heterocycles. The van der Waals surface area contributed by atoms with Crippen molar-refractivity contribution in [2.24, 2.45) is 0 Å². The van der Waals surface area contributed by atoms with Crippen molar-refractivity contribution in [1.82, 2.24) is 4.98 Å². The van der Waals surface area contributed by atoms with Crippen LogP contribution >= 0.6 is 11.3 Å². The molecule has 0 atom stereocenters. The number of nitrogens with one attached hydrogen (secondary N) is 2. The Morgan fingerprint density at radius 1 is 1.11 bits per heavy atom. The highest BCUT2D eigenvalue weighted by molar-refractivity contribution is 7.18. The Kier molecular flexibility index (Phi) is 5.79. The van der Waals surface area contributed by atoms with E-state index in [1.807, 2.05) is 24.3 Å². The SMILES string of the molecule is CCOC(=O)c1sc(NC(=O)COC(=O)c2c(C)[nH]c3ccccc23)cc1C. The molecule has 28 heavy (non-hydrogen) atoms. The Morgan fingerprint density at radius 2 is 1.86 bits per heavy atom.